The number of carbonyl (C=O) groups is 2. The standard InChI is InChI=1S/C20H31NO2/c1-14(13-15-11-9-8-10-12-15)18(23)21-16(19(2,3)4)17(22)20(5,6)7/h8-12,14,16H,13H2,1-7H3,(H,21,23). The van der Waals surface area contributed by atoms with Gasteiger partial charge in [0.25, 0.3) is 0 Å². The molecule has 1 amide bonds. The molecule has 0 bridgehead atoms. The van der Waals surface area contributed by atoms with Crippen molar-refractivity contribution >= 4 is 11.7 Å². The van der Waals surface area contributed by atoms with Crippen LogP contribution in [0, 0.1) is 16.7 Å². The molecule has 0 aliphatic rings. The Hall–Kier alpha value is -1.64. The van der Waals surface area contributed by atoms with Crippen molar-refractivity contribution in [2.45, 2.75) is 60.9 Å². The van der Waals surface area contributed by atoms with Crippen molar-refractivity contribution in [2.75, 3.05) is 0 Å². The molecule has 0 aliphatic carbocycles. The number of ketones is 1. The Morgan fingerprint density at radius 3 is 1.96 bits per heavy atom. The van der Waals surface area contributed by atoms with Gasteiger partial charge in [-0.1, -0.05) is 78.8 Å². The molecule has 3 nitrogen and oxygen atoms in total. The molecule has 0 heterocycles. The summed E-state index contributed by atoms with van der Waals surface area (Å²) in [6.07, 6.45) is 0.674. The van der Waals surface area contributed by atoms with Crippen LogP contribution in [0.5, 0.6) is 0 Å². The number of hydrogen-bond acceptors (Lipinski definition) is 2. The topological polar surface area (TPSA) is 46.2 Å². The van der Waals surface area contributed by atoms with E-state index in [0.717, 1.165) is 5.56 Å². The van der Waals surface area contributed by atoms with E-state index in [0.29, 0.717) is 6.42 Å². The van der Waals surface area contributed by atoms with E-state index in [9.17, 15) is 9.59 Å². The van der Waals surface area contributed by atoms with Crippen LogP contribution in [0.15, 0.2) is 30.3 Å². The molecule has 1 rings (SSSR count). The van der Waals surface area contributed by atoms with Crippen LogP contribution in [-0.4, -0.2) is 17.7 Å². The maximum atomic E-state index is 12.7. The second kappa shape index (κ2) is 7.29. The van der Waals surface area contributed by atoms with Gasteiger partial charge in [0, 0.05) is 11.3 Å². The quantitative estimate of drug-likeness (QED) is 0.892. The summed E-state index contributed by atoms with van der Waals surface area (Å²) < 4.78 is 0. The van der Waals surface area contributed by atoms with Gasteiger partial charge in [0.2, 0.25) is 5.91 Å². The van der Waals surface area contributed by atoms with E-state index in [4.69, 9.17) is 0 Å². The Kier molecular flexibility index (Phi) is 6.15. The van der Waals surface area contributed by atoms with Crippen LogP contribution in [0.3, 0.4) is 0 Å². The lowest BCUT2D eigenvalue weighted by Crippen LogP contribution is -2.53. The number of amides is 1. The Morgan fingerprint density at radius 2 is 1.52 bits per heavy atom. The Morgan fingerprint density at radius 1 is 1.00 bits per heavy atom. The molecular formula is C20H31NO2. The average Bonchev–Trinajstić information content (AvgIpc) is 2.42. The summed E-state index contributed by atoms with van der Waals surface area (Å²) in [6.45, 7) is 13.6. The number of hydrogen-bond donors (Lipinski definition) is 1. The van der Waals surface area contributed by atoms with E-state index in [2.05, 4.69) is 5.32 Å². The molecule has 23 heavy (non-hydrogen) atoms. The van der Waals surface area contributed by atoms with Gasteiger partial charge < -0.3 is 5.32 Å². The lowest BCUT2D eigenvalue weighted by atomic mass is 9.75. The third-order valence-electron chi connectivity index (χ3n) is 3.99. The van der Waals surface area contributed by atoms with Crippen LogP contribution in [0.1, 0.15) is 54.0 Å². The number of carbonyl (C=O) groups excluding carboxylic acids is 2. The molecule has 0 aliphatic heterocycles. The Balaban J connectivity index is 2.83. The number of rotatable bonds is 5. The lowest BCUT2D eigenvalue weighted by molar-refractivity contribution is -0.136. The largest absolute Gasteiger partial charge is 0.345 e. The number of benzene rings is 1. The summed E-state index contributed by atoms with van der Waals surface area (Å²) in [5, 5.41) is 2.99. The fourth-order valence-corrected chi connectivity index (χ4v) is 2.45. The van der Waals surface area contributed by atoms with E-state index in [1.165, 1.54) is 0 Å². The molecule has 0 radical (unpaired) electrons. The average molecular weight is 317 g/mol. The van der Waals surface area contributed by atoms with Gasteiger partial charge in [-0.2, -0.15) is 0 Å². The van der Waals surface area contributed by atoms with Crippen molar-refractivity contribution in [1.82, 2.24) is 5.32 Å². The predicted molar refractivity (Wildman–Crippen MR) is 95.2 cm³/mol. The van der Waals surface area contributed by atoms with Crippen molar-refractivity contribution < 1.29 is 9.59 Å². The normalized spacial score (nSPS) is 14.9. The summed E-state index contributed by atoms with van der Waals surface area (Å²) in [5.74, 6) is -0.161. The summed E-state index contributed by atoms with van der Waals surface area (Å²) in [6, 6.07) is 9.47. The van der Waals surface area contributed by atoms with E-state index in [1.807, 2.05) is 78.8 Å². The van der Waals surface area contributed by atoms with Crippen molar-refractivity contribution in [3.8, 4) is 0 Å². The van der Waals surface area contributed by atoms with Crippen LogP contribution in [0.2, 0.25) is 0 Å². The molecule has 2 unspecified atom stereocenters. The van der Waals surface area contributed by atoms with Crippen molar-refractivity contribution in [2.24, 2.45) is 16.7 Å². The number of Topliss-reactive ketones (excluding diaryl/α,β-unsaturated/α-hetero) is 1. The van der Waals surface area contributed by atoms with Gasteiger partial charge >= 0.3 is 0 Å². The molecule has 0 saturated carbocycles. The Labute approximate surface area is 140 Å². The molecular weight excluding hydrogens is 286 g/mol. The highest BCUT2D eigenvalue weighted by molar-refractivity contribution is 5.93. The van der Waals surface area contributed by atoms with Gasteiger partial charge in [-0.05, 0) is 17.4 Å². The molecule has 0 saturated heterocycles. The van der Waals surface area contributed by atoms with Crippen LogP contribution in [0.25, 0.3) is 0 Å². The summed E-state index contributed by atoms with van der Waals surface area (Å²) in [7, 11) is 0. The second-order valence-electron chi connectivity index (χ2n) is 8.51. The summed E-state index contributed by atoms with van der Waals surface area (Å²) in [5.41, 5.74) is 0.338. The molecule has 3 heteroatoms. The van der Waals surface area contributed by atoms with Gasteiger partial charge in [-0.25, -0.2) is 0 Å². The van der Waals surface area contributed by atoms with Gasteiger partial charge in [0.15, 0.2) is 5.78 Å². The monoisotopic (exact) mass is 317 g/mol. The molecule has 2 atom stereocenters. The molecule has 1 aromatic carbocycles. The highest BCUT2D eigenvalue weighted by Crippen LogP contribution is 2.28. The minimum Gasteiger partial charge on any atom is -0.345 e. The minimum absolute atomic E-state index is 0.0635. The third-order valence-corrected chi connectivity index (χ3v) is 3.99. The number of nitrogens with one attached hydrogen (secondary N) is 1. The van der Waals surface area contributed by atoms with E-state index >= 15 is 0 Å². The lowest BCUT2D eigenvalue weighted by Gasteiger charge is -2.35. The van der Waals surface area contributed by atoms with Gasteiger partial charge in [0.05, 0.1) is 6.04 Å². The van der Waals surface area contributed by atoms with Crippen molar-refractivity contribution in [3.05, 3.63) is 35.9 Å². The van der Waals surface area contributed by atoms with Crippen molar-refractivity contribution in [1.29, 1.82) is 0 Å². The zero-order chi connectivity index (χ0) is 17.8. The van der Waals surface area contributed by atoms with E-state index < -0.39 is 11.5 Å². The fourth-order valence-electron chi connectivity index (χ4n) is 2.45. The third kappa shape index (κ3) is 5.81. The maximum Gasteiger partial charge on any atom is 0.223 e. The first-order chi connectivity index (χ1) is 10.4. The summed E-state index contributed by atoms with van der Waals surface area (Å²) in [4.78, 5) is 25.3. The van der Waals surface area contributed by atoms with Crippen LogP contribution in [0.4, 0.5) is 0 Å². The maximum absolute atomic E-state index is 12.7. The van der Waals surface area contributed by atoms with Crippen LogP contribution >= 0.6 is 0 Å². The van der Waals surface area contributed by atoms with Gasteiger partial charge in [-0.15, -0.1) is 0 Å². The second-order valence-corrected chi connectivity index (χ2v) is 8.51. The first kappa shape index (κ1) is 19.4. The predicted octanol–water partition coefficient (Wildman–Crippen LogP) is 4.01. The SMILES string of the molecule is CC(Cc1ccccc1)C(=O)NC(C(=O)C(C)(C)C)C(C)(C)C. The first-order valence-electron chi connectivity index (χ1n) is 8.31. The highest BCUT2D eigenvalue weighted by Gasteiger charge is 2.38. The molecule has 1 N–H and O–H groups in total. The van der Waals surface area contributed by atoms with Gasteiger partial charge in [0.1, 0.15) is 0 Å². The summed E-state index contributed by atoms with van der Waals surface area (Å²) >= 11 is 0. The van der Waals surface area contributed by atoms with Gasteiger partial charge in [-0.3, -0.25) is 9.59 Å². The molecule has 1 aromatic rings. The minimum atomic E-state index is -0.478. The Bertz CT molecular complexity index is 535. The van der Waals surface area contributed by atoms with Crippen molar-refractivity contribution in [3.63, 3.8) is 0 Å². The first-order valence-corrected chi connectivity index (χ1v) is 8.31. The molecule has 0 spiro atoms. The van der Waals surface area contributed by atoms with Crippen LogP contribution in [-0.2, 0) is 16.0 Å². The van der Waals surface area contributed by atoms with E-state index in [1.54, 1.807) is 0 Å². The zero-order valence-corrected chi connectivity index (χ0v) is 15.6. The smallest absolute Gasteiger partial charge is 0.223 e. The molecule has 0 aromatic heterocycles. The molecule has 0 fully saturated rings. The van der Waals surface area contributed by atoms with E-state index in [-0.39, 0.29) is 23.0 Å². The highest BCUT2D eigenvalue weighted by atomic mass is 16.2. The van der Waals surface area contributed by atoms with Crippen LogP contribution < -0.4 is 5.32 Å². The fraction of sp³-hybridized carbons (Fsp3) is 0.600. The zero-order valence-electron chi connectivity index (χ0n) is 15.6. The molecule has 128 valence electrons.